The smallest absolute Gasteiger partial charge is 0.306 e. The minimum Gasteiger partial charge on any atom is -0.462 e. The molecular weight excluding hydrogens is 769 g/mol. The molecule has 0 aliphatic rings. The minimum absolute atomic E-state index is 0.0810. The van der Waals surface area contributed by atoms with Crippen LogP contribution in [0.15, 0.2) is 60.8 Å². The third-order valence-corrected chi connectivity index (χ3v) is 11.3. The largest absolute Gasteiger partial charge is 0.462 e. The predicted molar refractivity (Wildman–Crippen MR) is 265 cm³/mol. The molecule has 0 spiro atoms. The van der Waals surface area contributed by atoms with Crippen molar-refractivity contribution in [3.8, 4) is 0 Å². The highest BCUT2D eigenvalue weighted by Gasteiger charge is 2.19. The third kappa shape index (κ3) is 48.1. The summed E-state index contributed by atoms with van der Waals surface area (Å²) in [4.78, 5) is 37.9. The summed E-state index contributed by atoms with van der Waals surface area (Å²) in [6, 6.07) is 0. The van der Waals surface area contributed by atoms with Crippen molar-refractivity contribution in [1.29, 1.82) is 0 Å². The molecule has 0 aromatic heterocycles. The van der Waals surface area contributed by atoms with Crippen molar-refractivity contribution in [2.75, 3.05) is 13.2 Å². The number of ether oxygens (including phenoxy) is 3. The minimum atomic E-state index is -0.782. The molecule has 0 rings (SSSR count). The van der Waals surface area contributed by atoms with Gasteiger partial charge in [-0.1, -0.05) is 216 Å². The summed E-state index contributed by atoms with van der Waals surface area (Å²) in [5.41, 5.74) is 0. The second-order valence-electron chi connectivity index (χ2n) is 17.4. The molecule has 0 heterocycles. The van der Waals surface area contributed by atoms with E-state index in [4.69, 9.17) is 14.2 Å². The Kier molecular flexibility index (Phi) is 48.4. The second kappa shape index (κ2) is 50.8. The number of esters is 3. The molecule has 0 bridgehead atoms. The van der Waals surface area contributed by atoms with Crippen molar-refractivity contribution in [3.63, 3.8) is 0 Å². The fraction of sp³-hybridized carbons (Fsp3) is 0.768. The first-order valence-corrected chi connectivity index (χ1v) is 26.3. The van der Waals surface area contributed by atoms with Crippen molar-refractivity contribution in [2.45, 2.75) is 264 Å². The van der Waals surface area contributed by atoms with Crippen molar-refractivity contribution in [3.05, 3.63) is 60.8 Å². The molecule has 0 aliphatic carbocycles. The van der Waals surface area contributed by atoms with E-state index in [2.05, 4.69) is 81.5 Å². The van der Waals surface area contributed by atoms with E-state index in [0.717, 1.165) is 103 Å². The van der Waals surface area contributed by atoms with Crippen LogP contribution in [-0.4, -0.2) is 37.2 Å². The molecule has 0 amide bonds. The maximum Gasteiger partial charge on any atom is 0.306 e. The fourth-order valence-corrected chi connectivity index (χ4v) is 7.31. The summed E-state index contributed by atoms with van der Waals surface area (Å²) in [6.45, 7) is 6.48. The van der Waals surface area contributed by atoms with Crippen LogP contribution in [0.25, 0.3) is 0 Å². The van der Waals surface area contributed by atoms with Crippen LogP contribution in [0.2, 0.25) is 0 Å². The number of allylic oxidation sites excluding steroid dienone is 10. The van der Waals surface area contributed by atoms with E-state index in [1.165, 1.54) is 116 Å². The Labute approximate surface area is 383 Å². The lowest BCUT2D eigenvalue weighted by atomic mass is 10.1. The average Bonchev–Trinajstić information content (AvgIpc) is 3.27. The average molecular weight is 867 g/mol. The number of unbranched alkanes of at least 4 members (excludes halogenated alkanes) is 26. The Bertz CT molecular complexity index is 1130. The molecule has 1 atom stereocenters. The van der Waals surface area contributed by atoms with Crippen LogP contribution in [0.4, 0.5) is 0 Å². The summed E-state index contributed by atoms with van der Waals surface area (Å²) < 4.78 is 16.8. The van der Waals surface area contributed by atoms with Crippen molar-refractivity contribution >= 4 is 17.9 Å². The number of hydrogen-bond donors (Lipinski definition) is 0. The molecule has 0 aromatic rings. The molecule has 0 aromatic carbocycles. The lowest BCUT2D eigenvalue weighted by molar-refractivity contribution is -0.167. The van der Waals surface area contributed by atoms with Gasteiger partial charge in [-0.2, -0.15) is 0 Å². The standard InChI is InChI=1S/C56H98O6/c1-4-7-10-13-16-19-22-24-26-27-28-29-31-32-34-37-40-43-46-49-55(58)61-52-53(51-60-54(57)48-45-42-39-36-21-18-15-12-9-6-3)62-56(59)50-47-44-41-38-35-33-30-25-23-20-17-14-11-8-5-2/h8,11,16-17,19-20,24-26,30,53H,4-7,9-10,12-15,18,21-23,27-29,31-52H2,1-3H3/b11-8-,19-16-,20-17-,26-24-,30-25-. The van der Waals surface area contributed by atoms with Gasteiger partial charge in [0.1, 0.15) is 13.2 Å². The summed E-state index contributed by atoms with van der Waals surface area (Å²) in [5.74, 6) is -0.899. The van der Waals surface area contributed by atoms with Gasteiger partial charge in [-0.15, -0.1) is 0 Å². The van der Waals surface area contributed by atoms with Crippen LogP contribution < -0.4 is 0 Å². The monoisotopic (exact) mass is 867 g/mol. The third-order valence-electron chi connectivity index (χ3n) is 11.3. The van der Waals surface area contributed by atoms with Gasteiger partial charge >= 0.3 is 17.9 Å². The first kappa shape index (κ1) is 59.1. The molecule has 1 unspecified atom stereocenters. The van der Waals surface area contributed by atoms with Gasteiger partial charge in [0.05, 0.1) is 0 Å². The molecule has 0 saturated carbocycles. The lowest BCUT2D eigenvalue weighted by Crippen LogP contribution is -2.30. The Morgan fingerprint density at radius 3 is 1.02 bits per heavy atom. The highest BCUT2D eigenvalue weighted by molar-refractivity contribution is 5.71. The van der Waals surface area contributed by atoms with Gasteiger partial charge in [0.2, 0.25) is 0 Å². The normalized spacial score (nSPS) is 12.5. The number of carbonyl (C=O) groups is 3. The van der Waals surface area contributed by atoms with Crippen molar-refractivity contribution in [2.24, 2.45) is 0 Å². The lowest BCUT2D eigenvalue weighted by Gasteiger charge is -2.18. The summed E-state index contributed by atoms with van der Waals surface area (Å²) in [7, 11) is 0. The van der Waals surface area contributed by atoms with Gasteiger partial charge < -0.3 is 14.2 Å². The highest BCUT2D eigenvalue weighted by Crippen LogP contribution is 2.15. The topological polar surface area (TPSA) is 78.9 Å². The maximum atomic E-state index is 12.8. The van der Waals surface area contributed by atoms with Gasteiger partial charge in [0.25, 0.3) is 0 Å². The van der Waals surface area contributed by atoms with E-state index >= 15 is 0 Å². The van der Waals surface area contributed by atoms with E-state index in [9.17, 15) is 14.4 Å². The van der Waals surface area contributed by atoms with Crippen LogP contribution in [0.3, 0.4) is 0 Å². The van der Waals surface area contributed by atoms with E-state index < -0.39 is 6.10 Å². The molecule has 0 aliphatic heterocycles. The van der Waals surface area contributed by atoms with Gasteiger partial charge in [-0.05, 0) is 83.5 Å². The molecule has 0 radical (unpaired) electrons. The van der Waals surface area contributed by atoms with Crippen LogP contribution >= 0.6 is 0 Å². The van der Waals surface area contributed by atoms with Crippen LogP contribution in [0.5, 0.6) is 0 Å². The van der Waals surface area contributed by atoms with Gasteiger partial charge in [0.15, 0.2) is 6.10 Å². The van der Waals surface area contributed by atoms with E-state index in [-0.39, 0.29) is 31.1 Å². The molecule has 6 nitrogen and oxygen atoms in total. The van der Waals surface area contributed by atoms with E-state index in [1.807, 2.05) is 0 Å². The molecule has 0 N–H and O–H groups in total. The second-order valence-corrected chi connectivity index (χ2v) is 17.4. The Balaban J connectivity index is 4.34. The molecule has 0 fully saturated rings. The Morgan fingerprint density at radius 1 is 0.339 bits per heavy atom. The van der Waals surface area contributed by atoms with E-state index in [1.54, 1.807) is 0 Å². The van der Waals surface area contributed by atoms with Gasteiger partial charge in [-0.25, -0.2) is 0 Å². The SMILES string of the molecule is CC/C=C\C/C=C\C/C=C\CCCCCCCC(=O)OC(COC(=O)CCCCCCCCCCCC)COC(=O)CCCCCCCCCCC/C=C\C/C=C\CCCCC. The quantitative estimate of drug-likeness (QED) is 0.0262. The predicted octanol–water partition coefficient (Wildman–Crippen LogP) is 17.3. The maximum absolute atomic E-state index is 12.8. The van der Waals surface area contributed by atoms with E-state index in [0.29, 0.717) is 19.3 Å². The first-order valence-electron chi connectivity index (χ1n) is 26.3. The van der Waals surface area contributed by atoms with Crippen molar-refractivity contribution in [1.82, 2.24) is 0 Å². The van der Waals surface area contributed by atoms with Crippen LogP contribution in [0.1, 0.15) is 258 Å². The van der Waals surface area contributed by atoms with Crippen LogP contribution in [-0.2, 0) is 28.6 Å². The fourth-order valence-electron chi connectivity index (χ4n) is 7.31. The van der Waals surface area contributed by atoms with Crippen LogP contribution in [0, 0.1) is 0 Å². The Hall–Kier alpha value is -2.89. The zero-order chi connectivity index (χ0) is 45.1. The van der Waals surface area contributed by atoms with Gasteiger partial charge in [0, 0.05) is 19.3 Å². The molecule has 358 valence electrons. The summed E-state index contributed by atoms with van der Waals surface area (Å²) >= 11 is 0. The number of rotatable bonds is 47. The zero-order valence-corrected chi connectivity index (χ0v) is 40.9. The van der Waals surface area contributed by atoms with Crippen molar-refractivity contribution < 1.29 is 28.6 Å². The van der Waals surface area contributed by atoms with Gasteiger partial charge in [-0.3, -0.25) is 14.4 Å². The first-order chi connectivity index (χ1) is 30.5. The molecule has 62 heavy (non-hydrogen) atoms. The summed E-state index contributed by atoms with van der Waals surface area (Å²) in [6.07, 6.45) is 62.0. The molecule has 0 saturated heterocycles. The molecular formula is C56H98O6. The number of hydrogen-bond acceptors (Lipinski definition) is 6. The summed E-state index contributed by atoms with van der Waals surface area (Å²) in [5, 5.41) is 0. The Morgan fingerprint density at radius 2 is 0.629 bits per heavy atom. The molecule has 6 heteroatoms. The highest BCUT2D eigenvalue weighted by atomic mass is 16.6. The number of carbonyl (C=O) groups excluding carboxylic acids is 3. The zero-order valence-electron chi connectivity index (χ0n) is 40.9.